The molecule has 0 bridgehead atoms. The molecule has 0 saturated heterocycles. The van der Waals surface area contributed by atoms with Crippen LogP contribution in [0.3, 0.4) is 0 Å². The summed E-state index contributed by atoms with van der Waals surface area (Å²) < 4.78 is 41.4. The van der Waals surface area contributed by atoms with E-state index in [0.29, 0.717) is 0 Å². The average molecular weight is 351 g/mol. The number of alkyl halides is 3. The van der Waals surface area contributed by atoms with Gasteiger partial charge < -0.3 is 14.7 Å². The van der Waals surface area contributed by atoms with E-state index < -0.39 is 35.7 Å². The van der Waals surface area contributed by atoms with E-state index in [1.54, 1.807) is 0 Å². The first-order valence-electron chi connectivity index (χ1n) is 5.77. The van der Waals surface area contributed by atoms with Crippen molar-refractivity contribution >= 4 is 23.5 Å². The normalized spacial score (nSPS) is 11.7. The van der Waals surface area contributed by atoms with Gasteiger partial charge >= 0.3 is 24.0 Å². The van der Waals surface area contributed by atoms with Gasteiger partial charge in [0.05, 0.1) is 0 Å². The van der Waals surface area contributed by atoms with E-state index in [1.807, 2.05) is 0 Å². The highest BCUT2D eigenvalue weighted by Gasteiger charge is 2.38. The number of hydrogen-bond donors (Lipinski definition) is 2. The summed E-state index contributed by atoms with van der Waals surface area (Å²) in [5.41, 5.74) is -0.356. The van der Waals surface area contributed by atoms with E-state index in [2.05, 4.69) is 14.7 Å². The summed E-state index contributed by atoms with van der Waals surface area (Å²) in [6.07, 6.45) is -4.85. The number of rotatable bonds is 4. The molecule has 0 fully saturated rings. The van der Waals surface area contributed by atoms with Gasteiger partial charge in [-0.05, 0) is 23.8 Å². The Labute approximate surface area is 130 Å². The number of hydrogen-bond acceptors (Lipinski definition) is 5. The van der Waals surface area contributed by atoms with Crippen molar-refractivity contribution in [2.75, 3.05) is 0 Å². The lowest BCUT2D eigenvalue weighted by Crippen LogP contribution is -2.21. The first kappa shape index (κ1) is 16.7. The van der Waals surface area contributed by atoms with Crippen LogP contribution < -0.4 is 0 Å². The molecule has 0 atom stereocenters. The van der Waals surface area contributed by atoms with E-state index in [4.69, 9.17) is 21.8 Å². The molecule has 2 rings (SSSR count). The summed E-state index contributed by atoms with van der Waals surface area (Å²) in [5, 5.41) is 20.9. The first-order chi connectivity index (χ1) is 10.6. The molecule has 0 aliphatic carbocycles. The second-order valence-corrected chi connectivity index (χ2v) is 4.74. The molecule has 1 heterocycles. The number of carboxylic acid groups (broad SMARTS) is 2. The summed E-state index contributed by atoms with van der Waals surface area (Å²) >= 11 is 5.76. The van der Waals surface area contributed by atoms with Crippen LogP contribution in [-0.4, -0.2) is 32.3 Å². The third-order valence-electron chi connectivity index (χ3n) is 2.67. The summed E-state index contributed by atoms with van der Waals surface area (Å²) in [4.78, 5) is 25.2. The van der Waals surface area contributed by atoms with E-state index in [1.165, 1.54) is 0 Å². The SMILES string of the molecule is O=C(O)C(C(=O)O)c1cc(Cl)cc(-c2noc(C(F)(F)F)n2)c1. The lowest BCUT2D eigenvalue weighted by atomic mass is 9.97. The lowest BCUT2D eigenvalue weighted by Gasteiger charge is -2.09. The van der Waals surface area contributed by atoms with Gasteiger partial charge in [-0.25, -0.2) is 0 Å². The van der Waals surface area contributed by atoms with Crippen molar-refractivity contribution in [3.63, 3.8) is 0 Å². The minimum atomic E-state index is -4.85. The highest BCUT2D eigenvalue weighted by molar-refractivity contribution is 6.31. The van der Waals surface area contributed by atoms with Gasteiger partial charge in [0.15, 0.2) is 5.92 Å². The largest absolute Gasteiger partial charge is 0.480 e. The van der Waals surface area contributed by atoms with Crippen LogP contribution in [0.5, 0.6) is 0 Å². The molecule has 23 heavy (non-hydrogen) atoms. The van der Waals surface area contributed by atoms with Crippen LogP contribution in [0.4, 0.5) is 13.2 Å². The molecule has 2 aromatic rings. The molecular formula is C12H6ClF3N2O5. The van der Waals surface area contributed by atoms with Crippen LogP contribution >= 0.6 is 11.6 Å². The molecule has 7 nitrogen and oxygen atoms in total. The molecule has 0 spiro atoms. The van der Waals surface area contributed by atoms with E-state index in [0.717, 1.165) is 18.2 Å². The number of halogens is 4. The zero-order chi connectivity index (χ0) is 17.4. The number of aliphatic carboxylic acids is 2. The predicted octanol–water partition coefficient (Wildman–Crippen LogP) is 2.66. The Hall–Kier alpha value is -2.62. The van der Waals surface area contributed by atoms with Crippen molar-refractivity contribution in [2.24, 2.45) is 0 Å². The molecule has 0 saturated carbocycles. The van der Waals surface area contributed by atoms with Gasteiger partial charge in [-0.15, -0.1) is 0 Å². The Bertz CT molecular complexity index is 760. The maximum absolute atomic E-state index is 12.4. The topological polar surface area (TPSA) is 114 Å². The van der Waals surface area contributed by atoms with Crippen molar-refractivity contribution in [3.8, 4) is 11.4 Å². The van der Waals surface area contributed by atoms with Crippen LogP contribution in [0.1, 0.15) is 17.4 Å². The van der Waals surface area contributed by atoms with Crippen molar-refractivity contribution in [2.45, 2.75) is 12.1 Å². The standard InChI is InChI=1S/C12H6ClF3N2O5/c13-6-2-4(7(9(19)20)10(21)22)1-5(3-6)8-17-11(23-18-8)12(14,15)16/h1-3,7H,(H,19,20)(H,21,22). The minimum Gasteiger partial charge on any atom is -0.480 e. The predicted molar refractivity (Wildman–Crippen MR) is 67.8 cm³/mol. The minimum absolute atomic E-state index is 0.0941. The van der Waals surface area contributed by atoms with E-state index in [-0.39, 0.29) is 16.1 Å². The van der Waals surface area contributed by atoms with Crippen LogP contribution in [0.15, 0.2) is 22.7 Å². The number of aromatic nitrogens is 2. The maximum atomic E-state index is 12.4. The van der Waals surface area contributed by atoms with Gasteiger partial charge in [-0.1, -0.05) is 16.8 Å². The van der Waals surface area contributed by atoms with Gasteiger partial charge in [0.1, 0.15) is 0 Å². The van der Waals surface area contributed by atoms with Crippen molar-refractivity contribution in [1.29, 1.82) is 0 Å². The molecule has 1 aromatic heterocycles. The fraction of sp³-hybridized carbons (Fsp3) is 0.167. The number of carboxylic acids is 2. The molecular weight excluding hydrogens is 345 g/mol. The van der Waals surface area contributed by atoms with E-state index in [9.17, 15) is 22.8 Å². The summed E-state index contributed by atoms with van der Waals surface area (Å²) in [5.74, 6) is -7.36. The van der Waals surface area contributed by atoms with Crippen molar-refractivity contribution in [1.82, 2.24) is 10.1 Å². The molecule has 1 aromatic carbocycles. The van der Waals surface area contributed by atoms with Crippen LogP contribution in [0.2, 0.25) is 5.02 Å². The van der Waals surface area contributed by atoms with Gasteiger partial charge in [-0.2, -0.15) is 18.2 Å². The summed E-state index contributed by atoms with van der Waals surface area (Å²) in [6, 6.07) is 3.24. The molecule has 0 unspecified atom stereocenters. The summed E-state index contributed by atoms with van der Waals surface area (Å²) in [6.45, 7) is 0. The second-order valence-electron chi connectivity index (χ2n) is 4.30. The lowest BCUT2D eigenvalue weighted by molar-refractivity contribution is -0.159. The average Bonchev–Trinajstić information content (AvgIpc) is 2.86. The third-order valence-corrected chi connectivity index (χ3v) is 2.89. The Morgan fingerprint density at radius 1 is 1.17 bits per heavy atom. The zero-order valence-electron chi connectivity index (χ0n) is 10.8. The first-order valence-corrected chi connectivity index (χ1v) is 6.14. The van der Waals surface area contributed by atoms with Crippen LogP contribution in [0.25, 0.3) is 11.4 Å². The highest BCUT2D eigenvalue weighted by atomic mass is 35.5. The second kappa shape index (κ2) is 5.88. The van der Waals surface area contributed by atoms with Crippen LogP contribution in [0, 0.1) is 0 Å². The van der Waals surface area contributed by atoms with Crippen molar-refractivity contribution < 1.29 is 37.5 Å². The number of nitrogens with zero attached hydrogens (tertiary/aromatic N) is 2. The van der Waals surface area contributed by atoms with Gasteiger partial charge in [-0.3, -0.25) is 9.59 Å². The highest BCUT2D eigenvalue weighted by Crippen LogP contribution is 2.31. The molecule has 0 amide bonds. The number of benzene rings is 1. The van der Waals surface area contributed by atoms with Crippen molar-refractivity contribution in [3.05, 3.63) is 34.7 Å². The molecule has 2 N–H and O–H groups in total. The molecule has 122 valence electrons. The van der Waals surface area contributed by atoms with E-state index >= 15 is 0 Å². The summed E-state index contributed by atoms with van der Waals surface area (Å²) in [7, 11) is 0. The third kappa shape index (κ3) is 3.59. The Morgan fingerprint density at radius 3 is 2.26 bits per heavy atom. The van der Waals surface area contributed by atoms with Gasteiger partial charge in [0.2, 0.25) is 5.82 Å². The monoisotopic (exact) mass is 350 g/mol. The fourth-order valence-corrected chi connectivity index (χ4v) is 2.00. The Balaban J connectivity index is 2.51. The van der Waals surface area contributed by atoms with Gasteiger partial charge in [0.25, 0.3) is 0 Å². The quantitative estimate of drug-likeness (QED) is 0.815. The Morgan fingerprint density at radius 2 is 1.78 bits per heavy atom. The fourth-order valence-electron chi connectivity index (χ4n) is 1.75. The zero-order valence-corrected chi connectivity index (χ0v) is 11.6. The molecule has 11 heteroatoms. The molecule has 0 aliphatic rings. The smallest absolute Gasteiger partial charge is 0.471 e. The van der Waals surface area contributed by atoms with Crippen LogP contribution in [-0.2, 0) is 15.8 Å². The maximum Gasteiger partial charge on any atom is 0.471 e. The van der Waals surface area contributed by atoms with Gasteiger partial charge in [0, 0.05) is 10.6 Å². The molecule has 0 aliphatic heterocycles. The number of carbonyl (C=O) groups is 2. The molecule has 0 radical (unpaired) electrons. The Kier molecular flexibility index (Phi) is 4.28.